The van der Waals surface area contributed by atoms with Crippen molar-refractivity contribution >= 4 is 51.3 Å². The van der Waals surface area contributed by atoms with E-state index in [1.165, 1.54) is 0 Å². The summed E-state index contributed by atoms with van der Waals surface area (Å²) < 4.78 is 34.1. The van der Waals surface area contributed by atoms with Crippen LogP contribution in [0.1, 0.15) is 39.1 Å². The third kappa shape index (κ3) is 4.17. The molecule has 0 saturated carbocycles. The third-order valence-corrected chi connectivity index (χ3v) is 5.44. The smallest absolute Gasteiger partial charge is 0.411 e. The van der Waals surface area contributed by atoms with Crippen molar-refractivity contribution in [3.63, 3.8) is 0 Å². The minimum Gasteiger partial charge on any atom is -0.444 e. The number of nitrogens with zero attached hydrogens (tertiary/aromatic N) is 2. The molecule has 1 N–H and O–H groups in total. The lowest BCUT2D eigenvalue weighted by molar-refractivity contribution is -0.00248. The normalized spacial score (nSPS) is 21.7. The first kappa shape index (κ1) is 17.2. The van der Waals surface area contributed by atoms with Crippen molar-refractivity contribution < 1.29 is 18.3 Å². The standard InChI is InChI=1S/C12H15F2I2N3O2/c1-11(2,3)21-10(20)19-5-12(13,14)4-6(19)9-17-7(15)8(16)18-9/h6H,4-5H2,1-3H3,(H,17,18). The molecular formula is C12H15F2I2N3O2. The van der Waals surface area contributed by atoms with Gasteiger partial charge in [0.25, 0.3) is 5.92 Å². The molecule has 21 heavy (non-hydrogen) atoms. The van der Waals surface area contributed by atoms with Crippen LogP contribution in [0.2, 0.25) is 0 Å². The van der Waals surface area contributed by atoms with E-state index >= 15 is 0 Å². The first-order valence-corrected chi connectivity index (χ1v) is 8.43. The molecule has 1 aromatic rings. The fourth-order valence-corrected chi connectivity index (χ4v) is 2.87. The highest BCUT2D eigenvalue weighted by atomic mass is 127. The highest BCUT2D eigenvalue weighted by Gasteiger charge is 2.50. The Morgan fingerprint density at radius 3 is 2.57 bits per heavy atom. The molecule has 0 radical (unpaired) electrons. The van der Waals surface area contributed by atoms with E-state index in [0.717, 1.165) is 8.60 Å². The zero-order valence-corrected chi connectivity index (χ0v) is 16.0. The number of halogens is 4. The van der Waals surface area contributed by atoms with Crippen molar-refractivity contribution in [2.24, 2.45) is 0 Å². The van der Waals surface area contributed by atoms with Crippen molar-refractivity contribution in [2.45, 2.75) is 44.8 Å². The Morgan fingerprint density at radius 1 is 1.48 bits per heavy atom. The predicted molar refractivity (Wildman–Crippen MR) is 89.3 cm³/mol. The number of hydrogen-bond donors (Lipinski definition) is 1. The molecule has 2 heterocycles. The van der Waals surface area contributed by atoms with Gasteiger partial charge in [-0.1, -0.05) is 0 Å². The van der Waals surface area contributed by atoms with Gasteiger partial charge in [-0.15, -0.1) is 0 Å². The molecule has 1 amide bonds. The second-order valence-electron chi connectivity index (χ2n) is 5.91. The maximum absolute atomic E-state index is 13.7. The van der Waals surface area contributed by atoms with E-state index in [1.54, 1.807) is 20.8 Å². The summed E-state index contributed by atoms with van der Waals surface area (Å²) in [4.78, 5) is 20.4. The number of likely N-dealkylation sites (tertiary alicyclic amines) is 1. The molecule has 1 atom stereocenters. The van der Waals surface area contributed by atoms with E-state index in [-0.39, 0.29) is 0 Å². The van der Waals surface area contributed by atoms with Gasteiger partial charge in [-0.3, -0.25) is 4.90 Å². The number of rotatable bonds is 1. The van der Waals surface area contributed by atoms with E-state index < -0.39 is 36.6 Å². The number of amides is 1. The monoisotopic (exact) mass is 525 g/mol. The molecule has 1 fully saturated rings. The molecule has 1 aliphatic rings. The van der Waals surface area contributed by atoms with Crippen LogP contribution in [0.3, 0.4) is 0 Å². The minimum absolute atomic E-state index is 0.367. The van der Waals surface area contributed by atoms with Crippen LogP contribution in [0.25, 0.3) is 0 Å². The summed E-state index contributed by atoms with van der Waals surface area (Å²) >= 11 is 4.05. The van der Waals surface area contributed by atoms with Crippen molar-refractivity contribution in [3.8, 4) is 0 Å². The molecule has 9 heteroatoms. The van der Waals surface area contributed by atoms with Crippen LogP contribution < -0.4 is 0 Å². The fraction of sp³-hybridized carbons (Fsp3) is 0.667. The first-order valence-electron chi connectivity index (χ1n) is 6.27. The summed E-state index contributed by atoms with van der Waals surface area (Å²) in [5, 5.41) is 0. The zero-order valence-electron chi connectivity index (χ0n) is 11.7. The summed E-state index contributed by atoms with van der Waals surface area (Å²) in [7, 11) is 0. The quantitative estimate of drug-likeness (QED) is 0.566. The summed E-state index contributed by atoms with van der Waals surface area (Å²) in [6, 6.07) is -0.799. The van der Waals surface area contributed by atoms with Crippen LogP contribution in [-0.4, -0.2) is 39.0 Å². The Bertz CT molecular complexity index is 538. The van der Waals surface area contributed by atoms with Crippen LogP contribution in [0.5, 0.6) is 0 Å². The molecule has 1 unspecified atom stereocenters. The predicted octanol–water partition coefficient (Wildman–Crippen LogP) is 3.94. The van der Waals surface area contributed by atoms with Crippen molar-refractivity contribution in [1.29, 1.82) is 0 Å². The number of nitrogens with one attached hydrogen (secondary N) is 1. The van der Waals surface area contributed by atoms with Crippen LogP contribution in [-0.2, 0) is 4.74 Å². The Kier molecular flexibility index (Phi) is 4.72. The van der Waals surface area contributed by atoms with Gasteiger partial charge in [0.15, 0.2) is 0 Å². The van der Waals surface area contributed by atoms with Crippen LogP contribution in [0, 0.1) is 7.40 Å². The molecule has 0 aliphatic carbocycles. The number of hydrogen-bond acceptors (Lipinski definition) is 3. The van der Waals surface area contributed by atoms with Crippen molar-refractivity contribution in [2.75, 3.05) is 6.54 Å². The second kappa shape index (κ2) is 5.78. The van der Waals surface area contributed by atoms with Crippen molar-refractivity contribution in [3.05, 3.63) is 13.2 Å². The number of H-pyrrole nitrogens is 1. The van der Waals surface area contributed by atoms with Gasteiger partial charge < -0.3 is 9.72 Å². The van der Waals surface area contributed by atoms with E-state index in [1.807, 2.05) is 45.2 Å². The molecule has 1 aromatic heterocycles. The maximum atomic E-state index is 13.7. The minimum atomic E-state index is -2.94. The lowest BCUT2D eigenvalue weighted by Gasteiger charge is -2.27. The van der Waals surface area contributed by atoms with Gasteiger partial charge >= 0.3 is 6.09 Å². The Hall–Kier alpha value is -0.200. The lowest BCUT2D eigenvalue weighted by Crippen LogP contribution is -2.38. The van der Waals surface area contributed by atoms with E-state index in [2.05, 4.69) is 9.97 Å². The molecule has 0 spiro atoms. The molecular weight excluding hydrogens is 510 g/mol. The van der Waals surface area contributed by atoms with Crippen molar-refractivity contribution in [1.82, 2.24) is 14.9 Å². The Balaban J connectivity index is 2.27. The zero-order chi connectivity index (χ0) is 16.0. The largest absolute Gasteiger partial charge is 0.444 e. The van der Waals surface area contributed by atoms with E-state index in [9.17, 15) is 13.6 Å². The Labute approximate surface area is 148 Å². The van der Waals surface area contributed by atoms with Gasteiger partial charge in [0.05, 0.1) is 12.6 Å². The van der Waals surface area contributed by atoms with Gasteiger partial charge in [0, 0.05) is 6.42 Å². The number of imidazole rings is 1. The molecule has 118 valence electrons. The second-order valence-corrected chi connectivity index (χ2v) is 8.01. The average Bonchev–Trinajstić information content (AvgIpc) is 2.77. The van der Waals surface area contributed by atoms with Gasteiger partial charge in [-0.2, -0.15) is 0 Å². The van der Waals surface area contributed by atoms with Crippen LogP contribution in [0.15, 0.2) is 0 Å². The number of aromatic amines is 1. The van der Waals surface area contributed by atoms with E-state index in [4.69, 9.17) is 4.74 Å². The third-order valence-electron chi connectivity index (χ3n) is 2.85. The summed E-state index contributed by atoms with van der Waals surface area (Å²) in [5.41, 5.74) is -0.731. The summed E-state index contributed by atoms with van der Waals surface area (Å²) in [6.45, 7) is 4.45. The highest BCUT2D eigenvalue weighted by Crippen LogP contribution is 2.41. The lowest BCUT2D eigenvalue weighted by atomic mass is 10.2. The number of carbonyl (C=O) groups excluding carboxylic acids is 1. The Morgan fingerprint density at radius 2 is 2.10 bits per heavy atom. The fourth-order valence-electron chi connectivity index (χ4n) is 2.08. The van der Waals surface area contributed by atoms with Gasteiger partial charge in [-0.05, 0) is 66.0 Å². The SMILES string of the molecule is CC(C)(C)OC(=O)N1CC(F)(F)CC1c1nc(I)c(I)[nH]1. The van der Waals surface area contributed by atoms with E-state index in [0.29, 0.717) is 9.53 Å². The molecule has 2 rings (SSSR count). The molecule has 5 nitrogen and oxygen atoms in total. The van der Waals surface area contributed by atoms with Crippen LogP contribution >= 0.6 is 45.2 Å². The van der Waals surface area contributed by atoms with Crippen LogP contribution in [0.4, 0.5) is 13.6 Å². The van der Waals surface area contributed by atoms with Gasteiger partial charge in [-0.25, -0.2) is 18.6 Å². The first-order chi connectivity index (χ1) is 9.48. The molecule has 0 aromatic carbocycles. The summed E-state index contributed by atoms with van der Waals surface area (Å²) in [5.74, 6) is -2.57. The summed E-state index contributed by atoms with van der Waals surface area (Å²) in [6.07, 6.45) is -1.20. The molecule has 0 bridgehead atoms. The number of ether oxygens (including phenoxy) is 1. The number of aromatic nitrogens is 2. The molecule has 1 aliphatic heterocycles. The maximum Gasteiger partial charge on any atom is 0.411 e. The topological polar surface area (TPSA) is 58.2 Å². The van der Waals surface area contributed by atoms with Gasteiger partial charge in [0.1, 0.15) is 18.8 Å². The average molecular weight is 525 g/mol. The molecule has 1 saturated heterocycles. The van der Waals surface area contributed by atoms with Gasteiger partial charge in [0.2, 0.25) is 0 Å². The highest BCUT2D eigenvalue weighted by molar-refractivity contribution is 14.1. The number of carbonyl (C=O) groups is 1. The number of alkyl halides is 2.